The van der Waals surface area contributed by atoms with Gasteiger partial charge >= 0.3 is 0 Å². The summed E-state index contributed by atoms with van der Waals surface area (Å²) in [5.41, 5.74) is 13.3. The summed E-state index contributed by atoms with van der Waals surface area (Å²) in [6.07, 6.45) is 0. The van der Waals surface area contributed by atoms with E-state index in [1.807, 2.05) is 57.5 Å². The van der Waals surface area contributed by atoms with Crippen molar-refractivity contribution in [3.63, 3.8) is 0 Å². The van der Waals surface area contributed by atoms with E-state index in [9.17, 15) is 0 Å². The molecule has 4 heterocycles. The van der Waals surface area contributed by atoms with Crippen LogP contribution in [0.4, 0.5) is 11.4 Å². The zero-order valence-electron chi connectivity index (χ0n) is 18.5. The van der Waals surface area contributed by atoms with Crippen LogP contribution in [0, 0.1) is 7.14 Å². The Morgan fingerprint density at radius 3 is 1.08 bits per heavy atom. The fraction of sp³-hybridized carbons (Fsp3) is 0. The molecule has 0 fully saturated rings. The summed E-state index contributed by atoms with van der Waals surface area (Å²) in [4.78, 5) is 0. The van der Waals surface area contributed by atoms with E-state index in [1.54, 1.807) is 0 Å². The predicted octanol–water partition coefficient (Wildman–Crippen LogP) is 10.9. The second kappa shape index (κ2) is 8.95. The Morgan fingerprint density at radius 1 is 0.417 bits per heavy atom. The molecule has 8 aromatic rings. The molecule has 176 valence electrons. The molecule has 0 unspecified atom stereocenters. The fourth-order valence-electron chi connectivity index (χ4n) is 4.49. The van der Waals surface area contributed by atoms with Gasteiger partial charge in [-0.3, -0.25) is 0 Å². The maximum Gasteiger partial charge on any atom is 0.0542 e. The van der Waals surface area contributed by atoms with Gasteiger partial charge in [-0.15, -0.1) is 45.3 Å². The Labute approximate surface area is 249 Å². The minimum Gasteiger partial charge on any atom is -0.399 e. The summed E-state index contributed by atoms with van der Waals surface area (Å²) in [5.74, 6) is 0. The number of benzene rings is 4. The molecule has 0 aliphatic rings. The van der Waals surface area contributed by atoms with Crippen molar-refractivity contribution in [2.24, 2.45) is 0 Å². The van der Waals surface area contributed by atoms with Gasteiger partial charge in [0.2, 0.25) is 0 Å². The van der Waals surface area contributed by atoms with Crippen molar-refractivity contribution in [2.75, 3.05) is 11.5 Å². The number of nitrogen functional groups attached to an aromatic ring is 2. The summed E-state index contributed by atoms with van der Waals surface area (Å²) in [7, 11) is 0. The summed E-state index contributed by atoms with van der Waals surface area (Å²) in [6, 6.07) is 25.7. The lowest BCUT2D eigenvalue weighted by atomic mass is 10.2. The third-order valence-electron chi connectivity index (χ3n) is 6.14. The first kappa shape index (κ1) is 23.4. The lowest BCUT2D eigenvalue weighted by Gasteiger charge is -1.93. The van der Waals surface area contributed by atoms with Gasteiger partial charge in [0.05, 0.1) is 18.8 Å². The molecule has 36 heavy (non-hydrogen) atoms. The number of hydrogen-bond donors (Lipinski definition) is 2. The van der Waals surface area contributed by atoms with Crippen molar-refractivity contribution in [1.29, 1.82) is 0 Å². The third-order valence-corrected chi connectivity index (χ3v) is 12.5. The molecule has 0 aliphatic carbocycles. The van der Waals surface area contributed by atoms with Crippen molar-refractivity contribution in [1.82, 2.24) is 0 Å². The molecule has 8 rings (SSSR count). The van der Waals surface area contributed by atoms with Crippen molar-refractivity contribution >= 4 is 161 Å². The molecule has 0 atom stereocenters. The lowest BCUT2D eigenvalue weighted by Crippen LogP contribution is -1.81. The van der Waals surface area contributed by atoms with Crippen LogP contribution in [-0.2, 0) is 0 Å². The summed E-state index contributed by atoms with van der Waals surface area (Å²) in [6.45, 7) is 0. The van der Waals surface area contributed by atoms with E-state index < -0.39 is 0 Å². The van der Waals surface area contributed by atoms with Gasteiger partial charge in [0.1, 0.15) is 0 Å². The van der Waals surface area contributed by atoms with Crippen molar-refractivity contribution in [3.8, 4) is 0 Å². The first-order chi connectivity index (χ1) is 17.4. The van der Waals surface area contributed by atoms with Crippen LogP contribution in [0.3, 0.4) is 0 Å². The van der Waals surface area contributed by atoms with E-state index in [4.69, 9.17) is 11.5 Å². The number of thiophene rings is 4. The van der Waals surface area contributed by atoms with E-state index in [1.165, 1.54) is 66.3 Å². The number of nitrogens with two attached hydrogens (primary N) is 2. The van der Waals surface area contributed by atoms with Crippen LogP contribution in [0.1, 0.15) is 0 Å². The Balaban J connectivity index is 0.000000122. The van der Waals surface area contributed by atoms with E-state index in [0.717, 1.165) is 11.4 Å². The monoisotopic (exact) mass is 762 g/mol. The van der Waals surface area contributed by atoms with Crippen LogP contribution in [0.15, 0.2) is 72.8 Å². The fourth-order valence-corrected chi connectivity index (χ4v) is 11.4. The second-order valence-electron chi connectivity index (χ2n) is 8.52. The summed E-state index contributed by atoms with van der Waals surface area (Å²) in [5, 5.41) is 5.41. The average molecular weight is 763 g/mol. The molecule has 0 bridgehead atoms. The van der Waals surface area contributed by atoms with E-state index in [-0.39, 0.29) is 0 Å². The van der Waals surface area contributed by atoms with E-state index >= 15 is 0 Å². The molecule has 0 spiro atoms. The number of fused-ring (bicyclic) bond motifs is 10. The zero-order chi connectivity index (χ0) is 24.6. The molecule has 8 heteroatoms. The van der Waals surface area contributed by atoms with Gasteiger partial charge in [0, 0.05) is 58.9 Å². The number of anilines is 2. The van der Waals surface area contributed by atoms with Crippen molar-refractivity contribution in [2.45, 2.75) is 0 Å². The standard InChI is InChI=1S/C14H6I2S2.C14H10N2S2/c2*15-7-1-3-9-11(5-7)17-14-10-4-2-8(16)6-12(10)18-13(9)14/h1-6H;1-6H,15-16H2. The third kappa shape index (κ3) is 3.88. The van der Waals surface area contributed by atoms with Crippen LogP contribution < -0.4 is 11.5 Å². The van der Waals surface area contributed by atoms with Crippen molar-refractivity contribution in [3.05, 3.63) is 79.9 Å². The average Bonchev–Trinajstić information content (AvgIpc) is 3.56. The second-order valence-corrected chi connectivity index (χ2v) is 15.2. The molecule has 0 amide bonds. The number of hydrogen-bond acceptors (Lipinski definition) is 6. The van der Waals surface area contributed by atoms with Crippen LogP contribution in [0.25, 0.3) is 59.1 Å². The highest BCUT2D eigenvalue weighted by Crippen LogP contribution is 2.46. The quantitative estimate of drug-likeness (QED) is 0.119. The number of halogens is 2. The smallest absolute Gasteiger partial charge is 0.0542 e. The maximum atomic E-state index is 5.84. The number of rotatable bonds is 0. The van der Waals surface area contributed by atoms with Crippen LogP contribution in [0.5, 0.6) is 0 Å². The Kier molecular flexibility index (Phi) is 5.82. The zero-order valence-corrected chi connectivity index (χ0v) is 26.1. The molecule has 0 radical (unpaired) electrons. The predicted molar refractivity (Wildman–Crippen MR) is 184 cm³/mol. The van der Waals surface area contributed by atoms with E-state index in [0.29, 0.717) is 0 Å². The topological polar surface area (TPSA) is 52.0 Å². The van der Waals surface area contributed by atoms with Crippen LogP contribution >= 0.6 is 90.5 Å². The van der Waals surface area contributed by atoms with Gasteiger partial charge < -0.3 is 11.5 Å². The van der Waals surface area contributed by atoms with Gasteiger partial charge in [0.25, 0.3) is 0 Å². The largest absolute Gasteiger partial charge is 0.399 e. The molecule has 4 N–H and O–H groups in total. The molecule has 2 nitrogen and oxygen atoms in total. The molecular formula is C28H16I2N2S4. The van der Waals surface area contributed by atoms with Crippen LogP contribution in [-0.4, -0.2) is 0 Å². The molecule has 4 aromatic carbocycles. The lowest BCUT2D eigenvalue weighted by molar-refractivity contribution is 1.77. The first-order valence-corrected chi connectivity index (χ1v) is 16.5. The highest BCUT2D eigenvalue weighted by Gasteiger charge is 2.13. The normalized spacial score (nSPS) is 11.8. The molecule has 0 saturated heterocycles. The van der Waals surface area contributed by atoms with Crippen molar-refractivity contribution < 1.29 is 0 Å². The van der Waals surface area contributed by atoms with Gasteiger partial charge in [-0.2, -0.15) is 0 Å². The van der Waals surface area contributed by atoms with Crippen LogP contribution in [0.2, 0.25) is 0 Å². The van der Waals surface area contributed by atoms with Gasteiger partial charge in [-0.1, -0.05) is 24.3 Å². The van der Waals surface area contributed by atoms with Gasteiger partial charge in [-0.25, -0.2) is 0 Å². The Hall–Kier alpha value is -1.70. The SMILES string of the molecule is Ic1ccc2c(c1)sc1c3ccc(I)cc3sc21.Nc1ccc2c(c1)sc1c3ccc(N)cc3sc21. The Bertz CT molecular complexity index is 1810. The minimum atomic E-state index is 0.824. The van der Waals surface area contributed by atoms with Gasteiger partial charge in [0.15, 0.2) is 0 Å². The summed E-state index contributed by atoms with van der Waals surface area (Å²) < 4.78 is 13.5. The highest BCUT2D eigenvalue weighted by molar-refractivity contribution is 14.1. The molecule has 0 saturated carbocycles. The highest BCUT2D eigenvalue weighted by atomic mass is 127. The molecule has 4 aromatic heterocycles. The molecular weight excluding hydrogens is 746 g/mol. The summed E-state index contributed by atoms with van der Waals surface area (Å²) >= 11 is 12.2. The minimum absolute atomic E-state index is 0.824. The maximum absolute atomic E-state index is 5.84. The van der Waals surface area contributed by atoms with Gasteiger partial charge in [-0.05, 0) is 93.7 Å². The van der Waals surface area contributed by atoms with E-state index in [2.05, 4.69) is 106 Å². The Morgan fingerprint density at radius 2 is 0.722 bits per heavy atom. The molecule has 0 aliphatic heterocycles. The first-order valence-electron chi connectivity index (χ1n) is 11.0.